The summed E-state index contributed by atoms with van der Waals surface area (Å²) in [4.78, 5) is 0. The zero-order valence-electron chi connectivity index (χ0n) is 12.4. The third kappa shape index (κ3) is 4.69. The quantitative estimate of drug-likeness (QED) is 0.740. The van der Waals surface area contributed by atoms with Gasteiger partial charge in [0.1, 0.15) is 5.75 Å². The van der Waals surface area contributed by atoms with Gasteiger partial charge in [-0.3, -0.25) is 0 Å². The van der Waals surface area contributed by atoms with Crippen LogP contribution in [0.4, 0.5) is 0 Å². The van der Waals surface area contributed by atoms with E-state index in [0.29, 0.717) is 12.0 Å². The number of hydrogen-bond acceptors (Lipinski definition) is 2. The lowest BCUT2D eigenvalue weighted by Gasteiger charge is -2.14. The van der Waals surface area contributed by atoms with Crippen molar-refractivity contribution in [2.24, 2.45) is 0 Å². The van der Waals surface area contributed by atoms with E-state index in [0.717, 1.165) is 25.2 Å². The first-order chi connectivity index (χ1) is 8.54. The summed E-state index contributed by atoms with van der Waals surface area (Å²) in [6.45, 7) is 9.53. The highest BCUT2D eigenvalue weighted by atomic mass is 16.5. The van der Waals surface area contributed by atoms with Gasteiger partial charge in [0.2, 0.25) is 0 Å². The normalized spacial score (nSPS) is 12.8. The van der Waals surface area contributed by atoms with Crippen molar-refractivity contribution < 1.29 is 4.74 Å². The molecule has 102 valence electrons. The van der Waals surface area contributed by atoms with Gasteiger partial charge in [0.25, 0.3) is 0 Å². The first kappa shape index (κ1) is 15.0. The lowest BCUT2D eigenvalue weighted by Crippen LogP contribution is -2.21. The Bertz CT molecular complexity index is 360. The lowest BCUT2D eigenvalue weighted by molar-refractivity contribution is 0.297. The zero-order chi connectivity index (χ0) is 13.5. The lowest BCUT2D eigenvalue weighted by atomic mass is 10.0. The maximum atomic E-state index is 5.89. The number of rotatable bonds is 7. The molecule has 0 saturated heterocycles. The van der Waals surface area contributed by atoms with Crippen LogP contribution in [-0.2, 0) is 0 Å². The second-order valence-corrected chi connectivity index (χ2v) is 5.36. The molecule has 0 fully saturated rings. The summed E-state index contributed by atoms with van der Waals surface area (Å²) in [5, 5.41) is 3.24. The molecule has 0 radical (unpaired) electrons. The van der Waals surface area contributed by atoms with Crippen LogP contribution in [0.5, 0.6) is 5.75 Å². The fraction of sp³-hybridized carbons (Fsp3) is 0.625. The van der Waals surface area contributed by atoms with E-state index in [9.17, 15) is 0 Å². The van der Waals surface area contributed by atoms with E-state index in [1.54, 1.807) is 0 Å². The van der Waals surface area contributed by atoms with Gasteiger partial charge >= 0.3 is 0 Å². The highest BCUT2D eigenvalue weighted by Crippen LogP contribution is 2.24. The molecule has 0 aliphatic carbocycles. The smallest absolute Gasteiger partial charge is 0.122 e. The van der Waals surface area contributed by atoms with E-state index in [1.807, 2.05) is 7.05 Å². The van der Waals surface area contributed by atoms with Crippen LogP contribution >= 0.6 is 0 Å². The topological polar surface area (TPSA) is 21.3 Å². The summed E-state index contributed by atoms with van der Waals surface area (Å²) < 4.78 is 5.89. The fourth-order valence-electron chi connectivity index (χ4n) is 1.85. The molecule has 1 rings (SSSR count). The van der Waals surface area contributed by atoms with Crippen molar-refractivity contribution in [1.82, 2.24) is 5.32 Å². The Kier molecular flexibility index (Phi) is 6.20. The second-order valence-electron chi connectivity index (χ2n) is 5.36. The molecule has 2 nitrogen and oxygen atoms in total. The third-order valence-corrected chi connectivity index (χ3v) is 3.41. The summed E-state index contributed by atoms with van der Waals surface area (Å²) in [5.41, 5.74) is 2.57. The average Bonchev–Trinajstić information content (AvgIpc) is 2.35. The van der Waals surface area contributed by atoms with Crippen molar-refractivity contribution in [3.63, 3.8) is 0 Å². The summed E-state index contributed by atoms with van der Waals surface area (Å²) in [6, 6.07) is 7.09. The first-order valence-electron chi connectivity index (χ1n) is 6.95. The Labute approximate surface area is 112 Å². The summed E-state index contributed by atoms with van der Waals surface area (Å²) in [5.74, 6) is 1.59. The maximum Gasteiger partial charge on any atom is 0.122 e. The molecule has 2 heteroatoms. The van der Waals surface area contributed by atoms with Crippen molar-refractivity contribution in [2.75, 3.05) is 13.7 Å². The Hall–Kier alpha value is -1.02. The number of hydrogen-bond donors (Lipinski definition) is 1. The maximum absolute atomic E-state index is 5.89. The van der Waals surface area contributed by atoms with Gasteiger partial charge in [0.15, 0.2) is 0 Å². The molecular formula is C16H27NO. The van der Waals surface area contributed by atoms with E-state index in [1.165, 1.54) is 11.1 Å². The predicted molar refractivity (Wildman–Crippen MR) is 78.5 cm³/mol. The number of nitrogens with one attached hydrogen (secondary N) is 1. The van der Waals surface area contributed by atoms with Gasteiger partial charge in [-0.15, -0.1) is 0 Å². The minimum atomic E-state index is 0.553. The third-order valence-electron chi connectivity index (χ3n) is 3.41. The molecule has 0 aliphatic heterocycles. The van der Waals surface area contributed by atoms with Crippen LogP contribution in [0.25, 0.3) is 0 Å². The van der Waals surface area contributed by atoms with Crippen LogP contribution in [0, 0.1) is 6.92 Å². The fourth-order valence-corrected chi connectivity index (χ4v) is 1.85. The minimum Gasteiger partial charge on any atom is -0.493 e. The molecule has 0 heterocycles. The molecule has 0 spiro atoms. The van der Waals surface area contributed by atoms with Crippen LogP contribution in [0.3, 0.4) is 0 Å². The van der Waals surface area contributed by atoms with Gasteiger partial charge in [-0.2, -0.15) is 0 Å². The van der Waals surface area contributed by atoms with Crippen molar-refractivity contribution in [3.8, 4) is 5.75 Å². The monoisotopic (exact) mass is 249 g/mol. The Morgan fingerprint density at radius 3 is 2.56 bits per heavy atom. The molecule has 0 saturated carbocycles. The molecule has 0 aliphatic rings. The molecule has 1 N–H and O–H groups in total. The van der Waals surface area contributed by atoms with Crippen molar-refractivity contribution in [2.45, 2.75) is 52.5 Å². The van der Waals surface area contributed by atoms with E-state index in [-0.39, 0.29) is 0 Å². The summed E-state index contributed by atoms with van der Waals surface area (Å²) >= 11 is 0. The van der Waals surface area contributed by atoms with E-state index < -0.39 is 0 Å². The van der Waals surface area contributed by atoms with Gasteiger partial charge in [-0.1, -0.05) is 26.0 Å². The van der Waals surface area contributed by atoms with Gasteiger partial charge in [0.05, 0.1) is 6.61 Å². The van der Waals surface area contributed by atoms with Crippen LogP contribution in [0.15, 0.2) is 18.2 Å². The highest BCUT2D eigenvalue weighted by Gasteiger charge is 2.05. The van der Waals surface area contributed by atoms with Crippen molar-refractivity contribution in [1.29, 1.82) is 0 Å². The van der Waals surface area contributed by atoms with Crippen LogP contribution in [-0.4, -0.2) is 19.7 Å². The van der Waals surface area contributed by atoms with Crippen LogP contribution < -0.4 is 10.1 Å². The molecule has 1 aromatic rings. The standard InChI is InChI=1S/C16H27NO/c1-12(2)15-9-8-13(3)16(11-15)18-10-6-7-14(4)17-5/h8-9,11-12,14,17H,6-7,10H2,1-5H3. The zero-order valence-corrected chi connectivity index (χ0v) is 12.4. The molecule has 1 aromatic carbocycles. The predicted octanol–water partition coefficient (Wildman–Crippen LogP) is 3.89. The van der Waals surface area contributed by atoms with Gasteiger partial charge < -0.3 is 10.1 Å². The van der Waals surface area contributed by atoms with Crippen molar-refractivity contribution >= 4 is 0 Å². The molecular weight excluding hydrogens is 222 g/mol. The molecule has 0 aromatic heterocycles. The SMILES string of the molecule is CNC(C)CCCOc1cc(C(C)C)ccc1C. The van der Waals surface area contributed by atoms with E-state index in [2.05, 4.69) is 51.2 Å². The van der Waals surface area contributed by atoms with Crippen molar-refractivity contribution in [3.05, 3.63) is 29.3 Å². The second kappa shape index (κ2) is 7.42. The highest BCUT2D eigenvalue weighted by molar-refractivity contribution is 5.37. The number of benzene rings is 1. The van der Waals surface area contributed by atoms with E-state index in [4.69, 9.17) is 4.74 Å². The van der Waals surface area contributed by atoms with E-state index >= 15 is 0 Å². The number of aryl methyl sites for hydroxylation is 1. The van der Waals surface area contributed by atoms with Gasteiger partial charge in [-0.25, -0.2) is 0 Å². The molecule has 0 amide bonds. The molecule has 0 bridgehead atoms. The number of ether oxygens (including phenoxy) is 1. The summed E-state index contributed by atoms with van der Waals surface area (Å²) in [6.07, 6.45) is 2.24. The van der Waals surface area contributed by atoms with Gasteiger partial charge in [0, 0.05) is 6.04 Å². The molecule has 1 atom stereocenters. The average molecular weight is 249 g/mol. The largest absolute Gasteiger partial charge is 0.493 e. The van der Waals surface area contributed by atoms with Gasteiger partial charge in [-0.05, 0) is 56.8 Å². The Balaban J connectivity index is 2.48. The Morgan fingerprint density at radius 1 is 1.22 bits per heavy atom. The molecule has 18 heavy (non-hydrogen) atoms. The molecule has 1 unspecified atom stereocenters. The van der Waals surface area contributed by atoms with Crippen LogP contribution in [0.2, 0.25) is 0 Å². The summed E-state index contributed by atoms with van der Waals surface area (Å²) in [7, 11) is 2.00. The van der Waals surface area contributed by atoms with Crippen LogP contribution in [0.1, 0.15) is 50.7 Å². The minimum absolute atomic E-state index is 0.553. The Morgan fingerprint density at radius 2 is 1.94 bits per heavy atom. The first-order valence-corrected chi connectivity index (χ1v) is 6.95.